The second-order valence-corrected chi connectivity index (χ2v) is 9.70. The standard InChI is InChI=1S/C24H21Cl2F2NO5S/c1-31-22-7-6-21(35-22)23(30)33-19(9-15-16(25)10-29-11-17(15)26)14-4-5-18(34-24(27)28)20(8-14)32-12-13-2-3-13/h4-8,10-11,13,19,24H,2-3,9,12H2,1H3. The van der Waals surface area contributed by atoms with Crippen molar-refractivity contribution in [2.24, 2.45) is 5.92 Å². The van der Waals surface area contributed by atoms with E-state index in [1.165, 1.54) is 37.7 Å². The number of aromatic nitrogens is 1. The minimum Gasteiger partial charge on any atom is -0.489 e. The van der Waals surface area contributed by atoms with Crippen LogP contribution >= 0.6 is 34.5 Å². The Hall–Kier alpha value is -2.62. The van der Waals surface area contributed by atoms with Crippen LogP contribution in [-0.4, -0.2) is 31.3 Å². The third kappa shape index (κ3) is 6.74. The molecule has 6 nitrogen and oxygen atoms in total. The largest absolute Gasteiger partial charge is 0.489 e. The first kappa shape index (κ1) is 25.5. The number of alkyl halides is 2. The molecule has 0 spiro atoms. The number of rotatable bonds is 11. The van der Waals surface area contributed by atoms with Crippen molar-refractivity contribution < 1.29 is 32.5 Å². The second kappa shape index (κ2) is 11.4. The highest BCUT2D eigenvalue weighted by Gasteiger charge is 2.26. The van der Waals surface area contributed by atoms with Crippen molar-refractivity contribution in [1.82, 2.24) is 4.98 Å². The summed E-state index contributed by atoms with van der Waals surface area (Å²) in [6.07, 6.45) is 4.18. The molecule has 1 aliphatic carbocycles. The quantitative estimate of drug-likeness (QED) is 0.243. The topological polar surface area (TPSA) is 66.9 Å². The van der Waals surface area contributed by atoms with Crippen LogP contribution in [0.25, 0.3) is 0 Å². The van der Waals surface area contributed by atoms with Crippen LogP contribution in [0.3, 0.4) is 0 Å². The zero-order valence-corrected chi connectivity index (χ0v) is 20.8. The first-order valence-electron chi connectivity index (χ1n) is 10.7. The van der Waals surface area contributed by atoms with E-state index >= 15 is 0 Å². The van der Waals surface area contributed by atoms with Crippen molar-refractivity contribution in [1.29, 1.82) is 0 Å². The molecule has 2 aromatic heterocycles. The molecule has 186 valence electrons. The Kier molecular flexibility index (Phi) is 8.30. The Morgan fingerprint density at radius 2 is 1.89 bits per heavy atom. The molecule has 4 rings (SSSR count). The van der Waals surface area contributed by atoms with E-state index in [4.69, 9.17) is 37.4 Å². The molecule has 1 unspecified atom stereocenters. The van der Waals surface area contributed by atoms with Crippen LogP contribution in [0.15, 0.2) is 42.7 Å². The zero-order chi connectivity index (χ0) is 24.9. The molecule has 0 bridgehead atoms. The highest BCUT2D eigenvalue weighted by molar-refractivity contribution is 7.15. The molecule has 0 aliphatic heterocycles. The summed E-state index contributed by atoms with van der Waals surface area (Å²) in [5, 5.41) is 1.16. The normalized spacial score (nSPS) is 14.0. The van der Waals surface area contributed by atoms with Gasteiger partial charge in [-0.1, -0.05) is 40.6 Å². The summed E-state index contributed by atoms with van der Waals surface area (Å²) in [5.41, 5.74) is 1.02. The molecule has 1 aliphatic rings. The Labute approximate surface area is 214 Å². The maximum absolute atomic E-state index is 12.9. The highest BCUT2D eigenvalue weighted by atomic mass is 35.5. The van der Waals surface area contributed by atoms with Crippen molar-refractivity contribution in [3.63, 3.8) is 0 Å². The lowest BCUT2D eigenvalue weighted by molar-refractivity contribution is -0.0515. The molecule has 0 radical (unpaired) electrons. The third-order valence-corrected chi connectivity index (χ3v) is 6.98. The molecule has 35 heavy (non-hydrogen) atoms. The Bertz CT molecular complexity index is 1170. The van der Waals surface area contributed by atoms with E-state index in [-0.39, 0.29) is 17.9 Å². The molecule has 1 aromatic carbocycles. The Morgan fingerprint density at radius 3 is 2.51 bits per heavy atom. The van der Waals surface area contributed by atoms with E-state index < -0.39 is 18.7 Å². The van der Waals surface area contributed by atoms with Gasteiger partial charge in [-0.15, -0.1) is 0 Å². The van der Waals surface area contributed by atoms with Crippen molar-refractivity contribution in [3.8, 4) is 16.6 Å². The predicted molar refractivity (Wildman–Crippen MR) is 128 cm³/mol. The number of methoxy groups -OCH3 is 1. The molecule has 1 saturated carbocycles. The van der Waals surface area contributed by atoms with E-state index in [0.29, 0.717) is 43.6 Å². The van der Waals surface area contributed by atoms with Gasteiger partial charge in [0.2, 0.25) is 0 Å². The minimum absolute atomic E-state index is 0.0996. The number of thiophene rings is 1. The smallest absolute Gasteiger partial charge is 0.387 e. The lowest BCUT2D eigenvalue weighted by Gasteiger charge is -2.21. The fraction of sp³-hybridized carbons (Fsp3) is 0.333. The zero-order valence-electron chi connectivity index (χ0n) is 18.5. The molecule has 0 amide bonds. The Morgan fingerprint density at radius 1 is 1.14 bits per heavy atom. The predicted octanol–water partition coefficient (Wildman–Crippen LogP) is 6.99. The molecule has 11 heteroatoms. The summed E-state index contributed by atoms with van der Waals surface area (Å²) < 4.78 is 47.3. The number of hydrogen-bond acceptors (Lipinski definition) is 7. The van der Waals surface area contributed by atoms with E-state index in [9.17, 15) is 13.6 Å². The van der Waals surface area contributed by atoms with E-state index in [2.05, 4.69) is 9.72 Å². The number of carbonyl (C=O) groups is 1. The highest BCUT2D eigenvalue weighted by Crippen LogP contribution is 2.38. The van der Waals surface area contributed by atoms with Gasteiger partial charge in [-0.2, -0.15) is 8.78 Å². The monoisotopic (exact) mass is 543 g/mol. The minimum atomic E-state index is -3.01. The number of nitrogens with zero attached hydrogens (tertiary/aromatic N) is 1. The molecule has 1 atom stereocenters. The SMILES string of the molecule is COc1ccc(C(=O)OC(Cc2c(Cl)cncc2Cl)c2ccc(OC(F)F)c(OCC3CC3)c2)s1. The van der Waals surface area contributed by atoms with Gasteiger partial charge in [0, 0.05) is 18.8 Å². The summed E-state index contributed by atoms with van der Waals surface area (Å²) in [6.45, 7) is -2.63. The first-order valence-corrected chi connectivity index (χ1v) is 12.3. The number of halogens is 4. The van der Waals surface area contributed by atoms with Crippen molar-refractivity contribution in [3.05, 3.63) is 68.8 Å². The van der Waals surface area contributed by atoms with E-state index in [0.717, 1.165) is 24.2 Å². The van der Waals surface area contributed by atoms with Gasteiger partial charge in [-0.25, -0.2) is 4.79 Å². The second-order valence-electron chi connectivity index (χ2n) is 7.84. The van der Waals surface area contributed by atoms with Crippen LogP contribution in [0.1, 0.15) is 39.7 Å². The van der Waals surface area contributed by atoms with Crippen LogP contribution in [0.5, 0.6) is 16.6 Å². The van der Waals surface area contributed by atoms with Crippen LogP contribution in [0, 0.1) is 5.92 Å². The maximum atomic E-state index is 12.9. The lowest BCUT2D eigenvalue weighted by Crippen LogP contribution is -2.15. The third-order valence-electron chi connectivity index (χ3n) is 5.30. The maximum Gasteiger partial charge on any atom is 0.387 e. The summed E-state index contributed by atoms with van der Waals surface area (Å²) in [4.78, 5) is 17.2. The number of benzene rings is 1. The van der Waals surface area contributed by atoms with Gasteiger partial charge in [0.25, 0.3) is 0 Å². The number of hydrogen-bond donors (Lipinski definition) is 0. The summed E-state index contributed by atoms with van der Waals surface area (Å²) in [7, 11) is 1.50. The van der Waals surface area contributed by atoms with Gasteiger partial charge in [0.05, 0.1) is 23.8 Å². The van der Waals surface area contributed by atoms with Crippen LogP contribution in [0.4, 0.5) is 8.78 Å². The fourth-order valence-corrected chi connectivity index (χ4v) is 4.52. The van der Waals surface area contributed by atoms with Gasteiger partial charge in [-0.05, 0) is 54.2 Å². The summed E-state index contributed by atoms with van der Waals surface area (Å²) >= 11 is 13.8. The van der Waals surface area contributed by atoms with Crippen molar-refractivity contribution in [2.75, 3.05) is 13.7 Å². The Balaban J connectivity index is 1.66. The van der Waals surface area contributed by atoms with E-state index in [1.54, 1.807) is 12.1 Å². The van der Waals surface area contributed by atoms with Crippen LogP contribution in [0.2, 0.25) is 10.0 Å². The number of pyridine rings is 1. The van der Waals surface area contributed by atoms with Gasteiger partial charge in [0.1, 0.15) is 11.0 Å². The van der Waals surface area contributed by atoms with Crippen LogP contribution < -0.4 is 14.2 Å². The van der Waals surface area contributed by atoms with Crippen molar-refractivity contribution >= 4 is 40.5 Å². The van der Waals surface area contributed by atoms with Gasteiger partial charge in [0.15, 0.2) is 16.6 Å². The van der Waals surface area contributed by atoms with Crippen molar-refractivity contribution in [2.45, 2.75) is 32.0 Å². The average molecular weight is 544 g/mol. The number of esters is 1. The molecule has 1 fully saturated rings. The van der Waals surface area contributed by atoms with Gasteiger partial charge in [-0.3, -0.25) is 4.98 Å². The molecule has 0 N–H and O–H groups in total. The molecular weight excluding hydrogens is 523 g/mol. The summed E-state index contributed by atoms with van der Waals surface area (Å²) in [5.74, 6) is -0.161. The molecule has 0 saturated heterocycles. The summed E-state index contributed by atoms with van der Waals surface area (Å²) in [6, 6.07) is 7.70. The average Bonchev–Trinajstić information content (AvgIpc) is 3.53. The molecular formula is C24H21Cl2F2NO5S. The number of ether oxygens (including phenoxy) is 4. The molecule has 2 heterocycles. The van der Waals surface area contributed by atoms with Gasteiger partial charge >= 0.3 is 12.6 Å². The van der Waals surface area contributed by atoms with Crippen LogP contribution in [-0.2, 0) is 11.2 Å². The van der Waals surface area contributed by atoms with E-state index in [1.807, 2.05) is 0 Å². The number of carbonyl (C=O) groups excluding carboxylic acids is 1. The molecule has 3 aromatic rings. The first-order chi connectivity index (χ1) is 16.8. The lowest BCUT2D eigenvalue weighted by atomic mass is 10.0. The fourth-order valence-electron chi connectivity index (χ4n) is 3.30. The van der Waals surface area contributed by atoms with Gasteiger partial charge < -0.3 is 18.9 Å².